The maximum absolute atomic E-state index is 5.83. The van der Waals surface area contributed by atoms with E-state index < -0.39 is 0 Å². The summed E-state index contributed by atoms with van der Waals surface area (Å²) in [5.41, 5.74) is 1.43. The van der Waals surface area contributed by atoms with E-state index in [2.05, 4.69) is 38.1 Å². The smallest absolute Gasteiger partial charge is 0.119 e. The summed E-state index contributed by atoms with van der Waals surface area (Å²) in [4.78, 5) is 0. The van der Waals surface area contributed by atoms with Crippen molar-refractivity contribution in [1.29, 1.82) is 0 Å². The molecule has 0 amide bonds. The van der Waals surface area contributed by atoms with Gasteiger partial charge in [0, 0.05) is 6.61 Å². The van der Waals surface area contributed by atoms with Crippen LogP contribution in [0.5, 0.6) is 5.75 Å². The SMILES string of the molecule is CCCCCCCCCCCCCCCCOCCOc1ccc(CCCCCCCC)cc1. The maximum atomic E-state index is 5.83. The zero-order chi connectivity index (χ0) is 24.4. The van der Waals surface area contributed by atoms with Gasteiger partial charge in [-0.3, -0.25) is 0 Å². The molecule has 2 nitrogen and oxygen atoms in total. The first-order valence-electron chi connectivity index (χ1n) is 15.2. The summed E-state index contributed by atoms with van der Waals surface area (Å²) in [6.07, 6.45) is 28.9. The first-order chi connectivity index (χ1) is 16.9. The zero-order valence-corrected chi connectivity index (χ0v) is 23.1. The Morgan fingerprint density at radius 3 is 1.38 bits per heavy atom. The van der Waals surface area contributed by atoms with E-state index in [0.717, 1.165) is 12.4 Å². The number of hydrogen-bond acceptors (Lipinski definition) is 2. The zero-order valence-electron chi connectivity index (χ0n) is 23.1. The van der Waals surface area contributed by atoms with Crippen molar-refractivity contribution in [3.05, 3.63) is 29.8 Å². The van der Waals surface area contributed by atoms with E-state index in [9.17, 15) is 0 Å². The third-order valence-electron chi connectivity index (χ3n) is 6.88. The van der Waals surface area contributed by atoms with Gasteiger partial charge in [0.2, 0.25) is 0 Å². The third-order valence-corrected chi connectivity index (χ3v) is 6.88. The van der Waals surface area contributed by atoms with Crippen LogP contribution in [-0.2, 0) is 11.2 Å². The molecule has 0 unspecified atom stereocenters. The fourth-order valence-electron chi connectivity index (χ4n) is 4.58. The number of unbranched alkanes of at least 4 members (excludes halogenated alkanes) is 18. The quantitative estimate of drug-likeness (QED) is 0.124. The van der Waals surface area contributed by atoms with E-state index in [4.69, 9.17) is 9.47 Å². The van der Waals surface area contributed by atoms with Crippen molar-refractivity contribution in [2.24, 2.45) is 0 Å². The molecule has 0 N–H and O–H groups in total. The molecular weight excluding hydrogens is 416 g/mol. The predicted molar refractivity (Wildman–Crippen MR) is 150 cm³/mol. The highest BCUT2D eigenvalue weighted by Crippen LogP contribution is 2.16. The molecule has 0 saturated carbocycles. The molecule has 0 bridgehead atoms. The van der Waals surface area contributed by atoms with Gasteiger partial charge in [-0.15, -0.1) is 0 Å². The van der Waals surface area contributed by atoms with Gasteiger partial charge in [-0.1, -0.05) is 142 Å². The Hall–Kier alpha value is -1.02. The summed E-state index contributed by atoms with van der Waals surface area (Å²) in [6.45, 7) is 6.78. The average molecular weight is 475 g/mol. The monoisotopic (exact) mass is 474 g/mol. The van der Waals surface area contributed by atoms with E-state index in [1.807, 2.05) is 0 Å². The van der Waals surface area contributed by atoms with Gasteiger partial charge >= 0.3 is 0 Å². The molecule has 0 aliphatic carbocycles. The molecule has 0 spiro atoms. The molecule has 1 rings (SSSR count). The molecular formula is C32H58O2. The lowest BCUT2D eigenvalue weighted by Crippen LogP contribution is -2.07. The Morgan fingerprint density at radius 2 is 0.882 bits per heavy atom. The standard InChI is InChI=1S/C32H58O2/c1-3-5-7-9-11-12-13-14-15-16-17-18-20-22-28-33-29-30-34-32-26-24-31(25-27-32)23-21-19-10-8-6-4-2/h24-27H,3-23,28-30H2,1-2H3. The lowest BCUT2D eigenvalue weighted by Gasteiger charge is -2.08. The molecule has 0 aliphatic heterocycles. The average Bonchev–Trinajstić information content (AvgIpc) is 2.86. The molecule has 0 aromatic heterocycles. The number of ether oxygens (including phenoxy) is 2. The number of hydrogen-bond donors (Lipinski definition) is 0. The van der Waals surface area contributed by atoms with E-state index in [1.54, 1.807) is 0 Å². The maximum Gasteiger partial charge on any atom is 0.119 e. The minimum atomic E-state index is 0.648. The molecule has 1 aromatic carbocycles. The normalized spacial score (nSPS) is 11.2. The summed E-state index contributed by atoms with van der Waals surface area (Å²) in [7, 11) is 0. The number of benzene rings is 1. The van der Waals surface area contributed by atoms with Crippen LogP contribution < -0.4 is 4.74 Å². The van der Waals surface area contributed by atoms with E-state index >= 15 is 0 Å². The molecule has 0 atom stereocenters. The highest BCUT2D eigenvalue weighted by atomic mass is 16.5. The van der Waals surface area contributed by atoms with Crippen LogP contribution in [0.4, 0.5) is 0 Å². The van der Waals surface area contributed by atoms with Gasteiger partial charge in [-0.05, 0) is 37.0 Å². The first kappa shape index (κ1) is 31.0. The summed E-state index contributed by atoms with van der Waals surface area (Å²) >= 11 is 0. The van der Waals surface area contributed by atoms with Gasteiger partial charge in [0.15, 0.2) is 0 Å². The summed E-state index contributed by atoms with van der Waals surface area (Å²) in [5, 5.41) is 0. The molecule has 2 heteroatoms. The van der Waals surface area contributed by atoms with Crippen LogP contribution in [0.15, 0.2) is 24.3 Å². The van der Waals surface area contributed by atoms with Crippen molar-refractivity contribution in [2.45, 2.75) is 149 Å². The Kier molecular flexibility index (Phi) is 22.9. The van der Waals surface area contributed by atoms with Gasteiger partial charge in [0.05, 0.1) is 6.61 Å². The Labute approximate surface area is 213 Å². The Bertz CT molecular complexity index is 510. The van der Waals surface area contributed by atoms with Crippen LogP contribution in [0, 0.1) is 0 Å². The Balaban J connectivity index is 1.81. The van der Waals surface area contributed by atoms with Gasteiger partial charge in [-0.2, -0.15) is 0 Å². The number of aryl methyl sites for hydroxylation is 1. The van der Waals surface area contributed by atoms with E-state index in [0.29, 0.717) is 13.2 Å². The first-order valence-corrected chi connectivity index (χ1v) is 15.2. The fraction of sp³-hybridized carbons (Fsp3) is 0.812. The van der Waals surface area contributed by atoms with Crippen LogP contribution in [-0.4, -0.2) is 19.8 Å². The van der Waals surface area contributed by atoms with Gasteiger partial charge in [-0.25, -0.2) is 0 Å². The highest BCUT2D eigenvalue weighted by molar-refractivity contribution is 5.27. The topological polar surface area (TPSA) is 18.5 Å². The second kappa shape index (κ2) is 25.1. The Morgan fingerprint density at radius 1 is 0.441 bits per heavy atom. The summed E-state index contributed by atoms with van der Waals surface area (Å²) < 4.78 is 11.6. The van der Waals surface area contributed by atoms with Gasteiger partial charge in [0.25, 0.3) is 0 Å². The van der Waals surface area contributed by atoms with Crippen molar-refractivity contribution in [3.63, 3.8) is 0 Å². The summed E-state index contributed by atoms with van der Waals surface area (Å²) in [5.74, 6) is 0.965. The minimum absolute atomic E-state index is 0.648. The third kappa shape index (κ3) is 20.4. The van der Waals surface area contributed by atoms with Gasteiger partial charge < -0.3 is 9.47 Å². The molecule has 0 aliphatic rings. The molecule has 0 fully saturated rings. The second-order valence-corrected chi connectivity index (χ2v) is 10.2. The van der Waals surface area contributed by atoms with Crippen molar-refractivity contribution >= 4 is 0 Å². The van der Waals surface area contributed by atoms with Crippen molar-refractivity contribution in [1.82, 2.24) is 0 Å². The highest BCUT2D eigenvalue weighted by Gasteiger charge is 1.98. The second-order valence-electron chi connectivity index (χ2n) is 10.2. The molecule has 0 saturated heterocycles. The van der Waals surface area contributed by atoms with Crippen molar-refractivity contribution < 1.29 is 9.47 Å². The van der Waals surface area contributed by atoms with E-state index in [1.165, 1.54) is 140 Å². The van der Waals surface area contributed by atoms with Crippen molar-refractivity contribution in [3.8, 4) is 5.75 Å². The molecule has 0 radical (unpaired) electrons. The fourth-order valence-corrected chi connectivity index (χ4v) is 4.58. The van der Waals surface area contributed by atoms with Crippen LogP contribution in [0.2, 0.25) is 0 Å². The predicted octanol–water partition coefficient (Wildman–Crippen LogP) is 10.5. The lowest BCUT2D eigenvalue weighted by atomic mass is 10.0. The van der Waals surface area contributed by atoms with Gasteiger partial charge in [0.1, 0.15) is 12.4 Å². The van der Waals surface area contributed by atoms with Crippen LogP contribution in [0.1, 0.15) is 148 Å². The molecule has 0 heterocycles. The summed E-state index contributed by atoms with van der Waals surface area (Å²) in [6, 6.07) is 8.66. The molecule has 198 valence electrons. The van der Waals surface area contributed by atoms with Crippen LogP contribution in [0.3, 0.4) is 0 Å². The largest absolute Gasteiger partial charge is 0.491 e. The lowest BCUT2D eigenvalue weighted by molar-refractivity contribution is 0.0970. The minimum Gasteiger partial charge on any atom is -0.491 e. The van der Waals surface area contributed by atoms with E-state index in [-0.39, 0.29) is 0 Å². The molecule has 34 heavy (non-hydrogen) atoms. The van der Waals surface area contributed by atoms with Crippen LogP contribution >= 0.6 is 0 Å². The van der Waals surface area contributed by atoms with Crippen molar-refractivity contribution in [2.75, 3.05) is 19.8 Å². The molecule has 1 aromatic rings. The van der Waals surface area contributed by atoms with Crippen LogP contribution in [0.25, 0.3) is 0 Å². The number of rotatable bonds is 26.